The molecule has 128 valence electrons. The minimum Gasteiger partial charge on any atom is -0.481 e. The zero-order chi connectivity index (χ0) is 17.2. The van der Waals surface area contributed by atoms with Crippen LogP contribution in [0.15, 0.2) is 60.7 Å². The van der Waals surface area contributed by atoms with Gasteiger partial charge in [0.1, 0.15) is 0 Å². The third-order valence-corrected chi connectivity index (χ3v) is 4.45. The van der Waals surface area contributed by atoms with Crippen LogP contribution in [-0.2, 0) is 11.2 Å². The van der Waals surface area contributed by atoms with Gasteiger partial charge in [0.15, 0.2) is 0 Å². The average Bonchev–Trinajstić information content (AvgIpc) is 2.61. The number of benzene rings is 2. The molecule has 0 aliphatic heterocycles. The fraction of sp³-hybridized carbons (Fsp3) is 0.381. The topological polar surface area (TPSA) is 49.3 Å². The maximum Gasteiger partial charge on any atom is 0.303 e. The molecule has 2 aromatic carbocycles. The lowest BCUT2D eigenvalue weighted by molar-refractivity contribution is -0.137. The summed E-state index contributed by atoms with van der Waals surface area (Å²) in [7, 11) is 0. The lowest BCUT2D eigenvalue weighted by Crippen LogP contribution is -2.35. The summed E-state index contributed by atoms with van der Waals surface area (Å²) in [5, 5.41) is 12.6. The number of hydrogen-bond acceptors (Lipinski definition) is 2. The Labute approximate surface area is 144 Å². The van der Waals surface area contributed by atoms with Crippen molar-refractivity contribution in [3.63, 3.8) is 0 Å². The summed E-state index contributed by atoms with van der Waals surface area (Å²) < 4.78 is 0. The first-order valence-electron chi connectivity index (χ1n) is 8.73. The monoisotopic (exact) mass is 325 g/mol. The molecule has 2 rings (SSSR count). The molecule has 0 aliphatic carbocycles. The smallest absolute Gasteiger partial charge is 0.303 e. The molecule has 0 fully saturated rings. The quantitative estimate of drug-likeness (QED) is 0.687. The van der Waals surface area contributed by atoms with Crippen LogP contribution in [-0.4, -0.2) is 23.7 Å². The summed E-state index contributed by atoms with van der Waals surface area (Å²) in [6, 6.07) is 21.0. The second kappa shape index (κ2) is 9.89. The molecule has 2 atom stereocenters. The van der Waals surface area contributed by atoms with E-state index < -0.39 is 5.97 Å². The normalized spacial score (nSPS) is 13.4. The number of carboxylic acids is 1. The van der Waals surface area contributed by atoms with Gasteiger partial charge in [-0.25, -0.2) is 0 Å². The predicted molar refractivity (Wildman–Crippen MR) is 98.3 cm³/mol. The van der Waals surface area contributed by atoms with Gasteiger partial charge < -0.3 is 10.4 Å². The lowest BCUT2D eigenvalue weighted by Gasteiger charge is -2.23. The maximum atomic E-state index is 10.9. The third kappa shape index (κ3) is 6.17. The van der Waals surface area contributed by atoms with E-state index in [2.05, 4.69) is 48.6 Å². The molecule has 2 unspecified atom stereocenters. The van der Waals surface area contributed by atoms with Crippen molar-refractivity contribution in [2.45, 2.75) is 44.6 Å². The molecule has 0 aromatic heterocycles. The van der Waals surface area contributed by atoms with Gasteiger partial charge >= 0.3 is 5.97 Å². The number of hydrogen-bond donors (Lipinski definition) is 2. The Morgan fingerprint density at radius 2 is 1.67 bits per heavy atom. The van der Waals surface area contributed by atoms with Crippen molar-refractivity contribution in [3.05, 3.63) is 71.8 Å². The molecule has 0 amide bonds. The van der Waals surface area contributed by atoms with E-state index in [4.69, 9.17) is 5.11 Å². The Balaban J connectivity index is 1.97. The summed E-state index contributed by atoms with van der Waals surface area (Å²) >= 11 is 0. The fourth-order valence-corrected chi connectivity index (χ4v) is 3.00. The zero-order valence-electron chi connectivity index (χ0n) is 14.3. The van der Waals surface area contributed by atoms with E-state index in [1.807, 2.05) is 24.3 Å². The predicted octanol–water partition coefficient (Wildman–Crippen LogP) is 4.25. The van der Waals surface area contributed by atoms with E-state index in [0.29, 0.717) is 12.3 Å². The summed E-state index contributed by atoms with van der Waals surface area (Å²) in [6.45, 7) is 3.07. The Hall–Kier alpha value is -2.13. The number of aliphatic carboxylic acids is 1. The van der Waals surface area contributed by atoms with Crippen molar-refractivity contribution >= 4 is 5.97 Å². The van der Waals surface area contributed by atoms with Crippen molar-refractivity contribution in [2.75, 3.05) is 6.54 Å². The largest absolute Gasteiger partial charge is 0.481 e. The molecule has 0 aliphatic rings. The van der Waals surface area contributed by atoms with Crippen LogP contribution in [0, 0.1) is 0 Å². The van der Waals surface area contributed by atoms with Gasteiger partial charge in [0.2, 0.25) is 0 Å². The molecular formula is C21H27NO2. The van der Waals surface area contributed by atoms with Crippen molar-refractivity contribution < 1.29 is 9.90 Å². The third-order valence-electron chi connectivity index (χ3n) is 4.45. The minimum atomic E-state index is -0.732. The highest BCUT2D eigenvalue weighted by Gasteiger charge is 2.15. The van der Waals surface area contributed by atoms with E-state index in [9.17, 15) is 4.79 Å². The van der Waals surface area contributed by atoms with E-state index in [-0.39, 0.29) is 12.5 Å². The number of carboxylic acid groups (broad SMARTS) is 1. The van der Waals surface area contributed by atoms with Crippen molar-refractivity contribution in [3.8, 4) is 0 Å². The first kappa shape index (κ1) is 18.2. The first-order chi connectivity index (χ1) is 11.7. The molecule has 3 heteroatoms. The minimum absolute atomic E-state index is 0.182. The molecule has 3 nitrogen and oxygen atoms in total. The molecular weight excluding hydrogens is 298 g/mol. The highest BCUT2D eigenvalue weighted by Crippen LogP contribution is 2.19. The molecule has 24 heavy (non-hydrogen) atoms. The molecule has 2 N–H and O–H groups in total. The SMILES string of the molecule is CCC(CNC(CCC(=O)O)Cc1ccccc1)c1ccccc1. The van der Waals surface area contributed by atoms with E-state index in [0.717, 1.165) is 19.4 Å². The van der Waals surface area contributed by atoms with Gasteiger partial charge in [-0.05, 0) is 36.3 Å². The number of nitrogens with one attached hydrogen (secondary N) is 1. The van der Waals surface area contributed by atoms with E-state index in [1.165, 1.54) is 11.1 Å². The van der Waals surface area contributed by atoms with Crippen LogP contribution in [0.25, 0.3) is 0 Å². The van der Waals surface area contributed by atoms with Crippen molar-refractivity contribution in [2.24, 2.45) is 0 Å². The second-order valence-electron chi connectivity index (χ2n) is 6.24. The molecule has 0 radical (unpaired) electrons. The van der Waals surface area contributed by atoms with Crippen molar-refractivity contribution in [1.29, 1.82) is 0 Å². The Morgan fingerprint density at radius 1 is 1.04 bits per heavy atom. The average molecular weight is 325 g/mol. The summed E-state index contributed by atoms with van der Waals surface area (Å²) in [6.07, 6.45) is 2.77. The van der Waals surface area contributed by atoms with E-state index in [1.54, 1.807) is 0 Å². The second-order valence-corrected chi connectivity index (χ2v) is 6.24. The highest BCUT2D eigenvalue weighted by molar-refractivity contribution is 5.66. The molecule has 0 bridgehead atoms. The molecule has 2 aromatic rings. The summed E-state index contributed by atoms with van der Waals surface area (Å²) in [5.41, 5.74) is 2.58. The molecule has 0 saturated heterocycles. The van der Waals surface area contributed by atoms with Crippen LogP contribution < -0.4 is 5.32 Å². The Bertz CT molecular complexity index is 598. The lowest BCUT2D eigenvalue weighted by atomic mass is 9.95. The molecule has 0 saturated carbocycles. The van der Waals surface area contributed by atoms with Crippen LogP contribution >= 0.6 is 0 Å². The van der Waals surface area contributed by atoms with Crippen LogP contribution in [0.5, 0.6) is 0 Å². The van der Waals surface area contributed by atoms with Crippen LogP contribution in [0.1, 0.15) is 43.2 Å². The van der Waals surface area contributed by atoms with Crippen molar-refractivity contribution in [1.82, 2.24) is 5.32 Å². The van der Waals surface area contributed by atoms with Gasteiger partial charge in [-0.2, -0.15) is 0 Å². The van der Waals surface area contributed by atoms with Crippen LogP contribution in [0.3, 0.4) is 0 Å². The van der Waals surface area contributed by atoms with Gasteiger partial charge in [0, 0.05) is 19.0 Å². The maximum absolute atomic E-state index is 10.9. The number of carbonyl (C=O) groups is 1. The zero-order valence-corrected chi connectivity index (χ0v) is 14.3. The first-order valence-corrected chi connectivity index (χ1v) is 8.73. The fourth-order valence-electron chi connectivity index (χ4n) is 3.00. The van der Waals surface area contributed by atoms with Crippen LogP contribution in [0.2, 0.25) is 0 Å². The summed E-state index contributed by atoms with van der Waals surface area (Å²) in [5.74, 6) is -0.278. The van der Waals surface area contributed by atoms with Gasteiger partial charge in [-0.15, -0.1) is 0 Å². The Kier molecular flexibility index (Phi) is 7.50. The summed E-state index contributed by atoms with van der Waals surface area (Å²) in [4.78, 5) is 10.9. The number of rotatable bonds is 10. The standard InChI is InChI=1S/C21H27NO2/c1-2-18(19-11-7-4-8-12-19)16-22-20(13-14-21(23)24)15-17-9-5-3-6-10-17/h3-12,18,20,22H,2,13-16H2,1H3,(H,23,24). The van der Waals surface area contributed by atoms with Crippen LogP contribution in [0.4, 0.5) is 0 Å². The van der Waals surface area contributed by atoms with E-state index >= 15 is 0 Å². The Morgan fingerprint density at radius 3 is 2.25 bits per heavy atom. The van der Waals surface area contributed by atoms with Gasteiger partial charge in [0.25, 0.3) is 0 Å². The molecule has 0 spiro atoms. The van der Waals surface area contributed by atoms with Gasteiger partial charge in [-0.1, -0.05) is 67.6 Å². The highest BCUT2D eigenvalue weighted by atomic mass is 16.4. The molecule has 0 heterocycles. The van der Waals surface area contributed by atoms with Gasteiger partial charge in [0.05, 0.1) is 0 Å². The van der Waals surface area contributed by atoms with Gasteiger partial charge in [-0.3, -0.25) is 4.79 Å².